The Morgan fingerprint density at radius 3 is 2.48 bits per heavy atom. The maximum Gasteiger partial charge on any atom is 0.513 e. The van der Waals surface area contributed by atoms with Crippen molar-refractivity contribution in [2.45, 2.75) is 26.2 Å². The van der Waals surface area contributed by atoms with Crippen molar-refractivity contribution < 1.29 is 24.2 Å². The van der Waals surface area contributed by atoms with Gasteiger partial charge in [0.15, 0.2) is 0 Å². The zero-order chi connectivity index (χ0) is 19.5. The van der Waals surface area contributed by atoms with Gasteiger partial charge >= 0.3 is 12.1 Å². The molecule has 0 heterocycles. The third kappa shape index (κ3) is 7.77. The second-order valence-corrected chi connectivity index (χ2v) is 6.33. The van der Waals surface area contributed by atoms with Gasteiger partial charge in [-0.25, -0.2) is 9.59 Å². The van der Waals surface area contributed by atoms with Crippen molar-refractivity contribution in [2.24, 2.45) is 5.92 Å². The number of carboxylic acids is 1. The molecule has 0 fully saturated rings. The first-order valence-electron chi connectivity index (χ1n) is 8.93. The molecule has 0 aliphatic heterocycles. The topological polar surface area (TPSA) is 72.8 Å². The highest BCUT2D eigenvalue weighted by molar-refractivity contribution is 5.86. The third-order valence-electron chi connectivity index (χ3n) is 4.12. The van der Waals surface area contributed by atoms with Crippen LogP contribution >= 0.6 is 0 Å². The Kier molecular flexibility index (Phi) is 8.10. The van der Waals surface area contributed by atoms with E-state index in [9.17, 15) is 9.59 Å². The minimum atomic E-state index is -1.07. The molecular formula is C22H24O5. The molecule has 5 nitrogen and oxygen atoms in total. The normalized spacial score (nSPS) is 11.9. The summed E-state index contributed by atoms with van der Waals surface area (Å²) in [6.07, 6.45) is 4.34. The monoisotopic (exact) mass is 368 g/mol. The number of benzene rings is 2. The molecule has 0 saturated heterocycles. The van der Waals surface area contributed by atoms with E-state index >= 15 is 0 Å². The quantitative estimate of drug-likeness (QED) is 0.385. The van der Waals surface area contributed by atoms with E-state index in [4.69, 9.17) is 14.6 Å². The van der Waals surface area contributed by atoms with Gasteiger partial charge in [0, 0.05) is 11.6 Å². The van der Waals surface area contributed by atoms with Crippen LogP contribution in [0.1, 0.15) is 30.9 Å². The first kappa shape index (κ1) is 20.2. The number of para-hydroxylation sites is 1. The predicted octanol–water partition coefficient (Wildman–Crippen LogP) is 4.96. The summed E-state index contributed by atoms with van der Waals surface area (Å²) >= 11 is 0. The molecule has 0 bridgehead atoms. The minimum Gasteiger partial charge on any atom is -0.478 e. The van der Waals surface area contributed by atoms with E-state index in [1.54, 1.807) is 24.3 Å². The first-order valence-corrected chi connectivity index (χ1v) is 8.93. The summed E-state index contributed by atoms with van der Waals surface area (Å²) in [7, 11) is 0. The lowest BCUT2D eigenvalue weighted by Crippen LogP contribution is -2.13. The van der Waals surface area contributed by atoms with Crippen LogP contribution in [-0.4, -0.2) is 23.8 Å². The van der Waals surface area contributed by atoms with Gasteiger partial charge in [-0.2, -0.15) is 0 Å². The van der Waals surface area contributed by atoms with Gasteiger partial charge in [-0.05, 0) is 42.9 Å². The predicted molar refractivity (Wildman–Crippen MR) is 104 cm³/mol. The minimum absolute atomic E-state index is 0.261. The molecule has 0 radical (unpaired) electrons. The van der Waals surface area contributed by atoms with Gasteiger partial charge < -0.3 is 14.6 Å². The lowest BCUT2D eigenvalue weighted by atomic mass is 9.99. The molecule has 0 aliphatic carbocycles. The van der Waals surface area contributed by atoms with E-state index in [-0.39, 0.29) is 12.4 Å². The lowest BCUT2D eigenvalue weighted by molar-refractivity contribution is -0.131. The summed E-state index contributed by atoms with van der Waals surface area (Å²) in [5.41, 5.74) is 1.80. The molecule has 0 aromatic heterocycles. The molecule has 0 aliphatic rings. The Morgan fingerprint density at radius 2 is 1.74 bits per heavy atom. The van der Waals surface area contributed by atoms with Gasteiger partial charge in [-0.1, -0.05) is 55.5 Å². The standard InChI is InChI=1S/C22H24O5/c1-17(11-12-18-7-3-2-4-8-18)15-16-26-22(25)27-20-10-6-5-9-19(20)13-14-21(23)24/h2-10,13-14,17H,11-12,15-16H2,1H3,(H,23,24)/b14-13+. The third-order valence-corrected chi connectivity index (χ3v) is 4.12. The number of carbonyl (C=O) groups is 2. The van der Waals surface area contributed by atoms with Crippen LogP contribution in [0.15, 0.2) is 60.7 Å². The van der Waals surface area contributed by atoms with Crippen molar-refractivity contribution in [2.75, 3.05) is 6.61 Å². The average molecular weight is 368 g/mol. The number of hydrogen-bond acceptors (Lipinski definition) is 4. The summed E-state index contributed by atoms with van der Waals surface area (Å²) in [6.45, 7) is 2.41. The molecule has 27 heavy (non-hydrogen) atoms. The van der Waals surface area contributed by atoms with Crippen LogP contribution in [0.4, 0.5) is 4.79 Å². The van der Waals surface area contributed by atoms with E-state index in [1.165, 1.54) is 11.6 Å². The number of carbonyl (C=O) groups excluding carboxylic acids is 1. The highest BCUT2D eigenvalue weighted by atomic mass is 16.7. The summed E-state index contributed by atoms with van der Waals surface area (Å²) < 4.78 is 10.3. The van der Waals surface area contributed by atoms with Crippen molar-refractivity contribution in [3.8, 4) is 5.75 Å². The summed E-state index contributed by atoms with van der Waals surface area (Å²) in [5.74, 6) is -0.391. The summed E-state index contributed by atoms with van der Waals surface area (Å²) in [5, 5.41) is 8.71. The van der Waals surface area contributed by atoms with E-state index in [0.29, 0.717) is 11.5 Å². The molecular weight excluding hydrogens is 344 g/mol. The maximum atomic E-state index is 11.9. The molecule has 0 spiro atoms. The zero-order valence-electron chi connectivity index (χ0n) is 15.3. The molecule has 1 unspecified atom stereocenters. The molecule has 1 N–H and O–H groups in total. The fraction of sp³-hybridized carbons (Fsp3) is 0.273. The second kappa shape index (κ2) is 10.8. The van der Waals surface area contributed by atoms with E-state index in [2.05, 4.69) is 19.1 Å². The fourth-order valence-corrected chi connectivity index (χ4v) is 2.54. The highest BCUT2D eigenvalue weighted by Gasteiger charge is 2.10. The van der Waals surface area contributed by atoms with Crippen LogP contribution in [0.2, 0.25) is 0 Å². The second-order valence-electron chi connectivity index (χ2n) is 6.33. The Balaban J connectivity index is 1.74. The Morgan fingerprint density at radius 1 is 1.04 bits per heavy atom. The fourth-order valence-electron chi connectivity index (χ4n) is 2.54. The van der Waals surface area contributed by atoms with Crippen LogP contribution in [-0.2, 0) is 16.0 Å². The van der Waals surface area contributed by atoms with Gasteiger partial charge in [0.05, 0.1) is 6.61 Å². The number of rotatable bonds is 9. The van der Waals surface area contributed by atoms with Crippen LogP contribution in [0.25, 0.3) is 6.08 Å². The van der Waals surface area contributed by atoms with Crippen molar-refractivity contribution in [1.29, 1.82) is 0 Å². The molecule has 0 amide bonds. The van der Waals surface area contributed by atoms with Crippen molar-refractivity contribution in [3.05, 3.63) is 71.8 Å². The van der Waals surface area contributed by atoms with Crippen molar-refractivity contribution in [3.63, 3.8) is 0 Å². The van der Waals surface area contributed by atoms with E-state index < -0.39 is 12.1 Å². The molecule has 2 aromatic rings. The van der Waals surface area contributed by atoms with Crippen LogP contribution in [0, 0.1) is 5.92 Å². The average Bonchev–Trinajstić information content (AvgIpc) is 2.66. The van der Waals surface area contributed by atoms with Crippen molar-refractivity contribution >= 4 is 18.2 Å². The van der Waals surface area contributed by atoms with Crippen molar-refractivity contribution in [1.82, 2.24) is 0 Å². The van der Waals surface area contributed by atoms with Gasteiger partial charge in [-0.15, -0.1) is 0 Å². The molecule has 0 saturated carbocycles. The first-order chi connectivity index (χ1) is 13.0. The van der Waals surface area contributed by atoms with Gasteiger partial charge in [0.1, 0.15) is 5.75 Å². The number of aryl methyl sites for hydroxylation is 1. The summed E-state index contributed by atoms with van der Waals surface area (Å²) in [6, 6.07) is 17.0. The van der Waals surface area contributed by atoms with Crippen LogP contribution < -0.4 is 4.74 Å². The molecule has 2 aromatic carbocycles. The number of carboxylic acid groups (broad SMARTS) is 1. The van der Waals surface area contributed by atoms with E-state index in [0.717, 1.165) is 25.3 Å². The highest BCUT2D eigenvalue weighted by Crippen LogP contribution is 2.20. The molecule has 2 rings (SSSR count). The lowest BCUT2D eigenvalue weighted by Gasteiger charge is -2.12. The Hall–Kier alpha value is -3.08. The summed E-state index contributed by atoms with van der Waals surface area (Å²) in [4.78, 5) is 22.5. The zero-order valence-corrected chi connectivity index (χ0v) is 15.3. The largest absolute Gasteiger partial charge is 0.513 e. The van der Waals surface area contributed by atoms with Gasteiger partial charge in [-0.3, -0.25) is 0 Å². The van der Waals surface area contributed by atoms with E-state index in [1.807, 2.05) is 18.2 Å². The molecule has 1 atom stereocenters. The number of ether oxygens (including phenoxy) is 2. The number of aliphatic carboxylic acids is 1. The van der Waals surface area contributed by atoms with Crippen LogP contribution in [0.3, 0.4) is 0 Å². The van der Waals surface area contributed by atoms with Gasteiger partial charge in [0.2, 0.25) is 0 Å². The maximum absolute atomic E-state index is 11.9. The Bertz CT molecular complexity index is 767. The Labute approximate surface area is 159 Å². The SMILES string of the molecule is CC(CCOC(=O)Oc1ccccc1/C=C/C(=O)O)CCc1ccccc1. The van der Waals surface area contributed by atoms with Gasteiger partial charge in [0.25, 0.3) is 0 Å². The molecule has 142 valence electrons. The smallest absolute Gasteiger partial charge is 0.478 e. The van der Waals surface area contributed by atoms with Crippen LogP contribution in [0.5, 0.6) is 5.75 Å². The number of hydrogen-bond donors (Lipinski definition) is 1. The molecule has 5 heteroatoms.